The van der Waals surface area contributed by atoms with E-state index in [1.807, 2.05) is 5.01 Å². The summed E-state index contributed by atoms with van der Waals surface area (Å²) in [6.07, 6.45) is -3.60. The van der Waals surface area contributed by atoms with Crippen molar-refractivity contribution in [2.45, 2.75) is 12.8 Å². The van der Waals surface area contributed by atoms with Crippen LogP contribution >= 0.6 is 0 Å². The summed E-state index contributed by atoms with van der Waals surface area (Å²) in [5.74, 6) is -0.199. The highest BCUT2D eigenvalue weighted by atomic mass is 19.4. The van der Waals surface area contributed by atoms with Crippen molar-refractivity contribution in [1.82, 2.24) is 5.43 Å². The Labute approximate surface area is 90.8 Å². The molecule has 3 nitrogen and oxygen atoms in total. The van der Waals surface area contributed by atoms with Crippen LogP contribution in [-0.2, 0) is 0 Å². The summed E-state index contributed by atoms with van der Waals surface area (Å²) in [5, 5.41) is 1.90. The number of hydrogen-bond donors (Lipinski definition) is 1. The van der Waals surface area contributed by atoms with Gasteiger partial charge in [0.15, 0.2) is 0 Å². The Morgan fingerprint density at radius 1 is 1.19 bits per heavy atom. The first-order chi connectivity index (χ1) is 7.54. The van der Waals surface area contributed by atoms with E-state index in [2.05, 4.69) is 10.2 Å². The number of ether oxygens (including phenoxy) is 1. The van der Waals surface area contributed by atoms with Gasteiger partial charge >= 0.3 is 6.36 Å². The molecule has 1 aromatic rings. The molecule has 1 aliphatic heterocycles. The first-order valence-electron chi connectivity index (χ1n) is 4.91. The summed E-state index contributed by atoms with van der Waals surface area (Å²) in [5.41, 5.74) is 3.95. The van der Waals surface area contributed by atoms with Crippen LogP contribution < -0.4 is 15.2 Å². The summed E-state index contributed by atoms with van der Waals surface area (Å²) in [6.45, 7) is 1.75. The predicted octanol–water partition coefficient (Wildman–Crippen LogP) is 2.30. The van der Waals surface area contributed by atoms with Crippen molar-refractivity contribution in [3.63, 3.8) is 0 Å². The Kier molecular flexibility index (Phi) is 2.91. The zero-order valence-electron chi connectivity index (χ0n) is 8.42. The van der Waals surface area contributed by atoms with E-state index in [1.54, 1.807) is 12.1 Å². The maximum Gasteiger partial charge on any atom is 0.573 e. The number of nitrogens with one attached hydrogen (secondary N) is 1. The van der Waals surface area contributed by atoms with Gasteiger partial charge in [-0.1, -0.05) is 0 Å². The second-order valence-electron chi connectivity index (χ2n) is 3.46. The molecule has 2 rings (SSSR count). The van der Waals surface area contributed by atoms with E-state index >= 15 is 0 Å². The Morgan fingerprint density at radius 3 is 2.38 bits per heavy atom. The van der Waals surface area contributed by atoms with Crippen LogP contribution in [-0.4, -0.2) is 19.5 Å². The smallest absolute Gasteiger partial charge is 0.406 e. The van der Waals surface area contributed by atoms with E-state index in [0.717, 1.165) is 25.2 Å². The molecule has 0 unspecified atom stereocenters. The van der Waals surface area contributed by atoms with Crippen LogP contribution in [0.3, 0.4) is 0 Å². The fourth-order valence-corrected chi connectivity index (χ4v) is 1.58. The fraction of sp³-hybridized carbons (Fsp3) is 0.400. The highest BCUT2D eigenvalue weighted by Crippen LogP contribution is 2.25. The van der Waals surface area contributed by atoms with E-state index in [4.69, 9.17) is 0 Å². The van der Waals surface area contributed by atoms with Gasteiger partial charge in [0, 0.05) is 13.1 Å². The third-order valence-corrected chi connectivity index (χ3v) is 2.24. The molecule has 1 aromatic carbocycles. The lowest BCUT2D eigenvalue weighted by molar-refractivity contribution is -0.274. The molecular weight excluding hydrogens is 221 g/mol. The van der Waals surface area contributed by atoms with Gasteiger partial charge in [0.05, 0.1) is 5.69 Å². The van der Waals surface area contributed by atoms with Crippen molar-refractivity contribution >= 4 is 5.69 Å². The number of hydrazine groups is 1. The molecule has 1 aliphatic rings. The lowest BCUT2D eigenvalue weighted by Gasteiger charge is -2.18. The normalized spacial score (nSPS) is 16.6. The molecule has 1 saturated heterocycles. The van der Waals surface area contributed by atoms with Crippen molar-refractivity contribution in [3.8, 4) is 5.75 Å². The maximum absolute atomic E-state index is 11.9. The summed E-state index contributed by atoms with van der Waals surface area (Å²) in [6, 6.07) is 5.81. The van der Waals surface area contributed by atoms with Gasteiger partial charge in [0.2, 0.25) is 0 Å². The average Bonchev–Trinajstić information content (AvgIpc) is 2.69. The predicted molar refractivity (Wildman–Crippen MR) is 53.1 cm³/mol. The number of benzene rings is 1. The van der Waals surface area contributed by atoms with Gasteiger partial charge in [0.1, 0.15) is 5.75 Å². The lowest BCUT2D eigenvalue weighted by Crippen LogP contribution is -2.30. The van der Waals surface area contributed by atoms with Crippen molar-refractivity contribution in [2.75, 3.05) is 18.1 Å². The number of hydrogen-bond acceptors (Lipinski definition) is 3. The molecule has 0 radical (unpaired) electrons. The minimum absolute atomic E-state index is 0.199. The SMILES string of the molecule is FC(F)(F)Oc1ccc(N2CCCN2)cc1. The van der Waals surface area contributed by atoms with Gasteiger partial charge in [0.25, 0.3) is 0 Å². The molecule has 88 valence electrons. The molecule has 0 aromatic heterocycles. The first kappa shape index (κ1) is 11.1. The molecule has 1 fully saturated rings. The van der Waals surface area contributed by atoms with Crippen LogP contribution in [0.1, 0.15) is 6.42 Å². The second-order valence-corrected chi connectivity index (χ2v) is 3.46. The summed E-state index contributed by atoms with van der Waals surface area (Å²) in [7, 11) is 0. The van der Waals surface area contributed by atoms with Crippen LogP contribution in [0.15, 0.2) is 24.3 Å². The Bertz CT molecular complexity index is 344. The summed E-state index contributed by atoms with van der Waals surface area (Å²) >= 11 is 0. The van der Waals surface area contributed by atoms with E-state index < -0.39 is 6.36 Å². The molecule has 1 heterocycles. The molecule has 6 heteroatoms. The van der Waals surface area contributed by atoms with Gasteiger partial charge in [-0.25, -0.2) is 5.43 Å². The van der Waals surface area contributed by atoms with Crippen LogP contribution in [0.5, 0.6) is 5.75 Å². The van der Waals surface area contributed by atoms with Gasteiger partial charge in [-0.05, 0) is 30.7 Å². The zero-order valence-corrected chi connectivity index (χ0v) is 8.42. The zero-order chi connectivity index (χ0) is 11.6. The van der Waals surface area contributed by atoms with Crippen molar-refractivity contribution in [3.05, 3.63) is 24.3 Å². The third kappa shape index (κ3) is 2.79. The molecule has 1 N–H and O–H groups in total. The number of alkyl halides is 3. The molecule has 0 amide bonds. The quantitative estimate of drug-likeness (QED) is 0.846. The monoisotopic (exact) mass is 232 g/mol. The van der Waals surface area contributed by atoms with E-state index in [1.165, 1.54) is 12.1 Å². The van der Waals surface area contributed by atoms with E-state index in [9.17, 15) is 13.2 Å². The standard InChI is InChI=1S/C10H11F3N2O/c11-10(12,13)16-9-4-2-8(3-5-9)15-7-1-6-14-15/h2-5,14H,1,6-7H2. The Morgan fingerprint density at radius 2 is 1.88 bits per heavy atom. The van der Waals surface area contributed by atoms with Crippen molar-refractivity contribution in [1.29, 1.82) is 0 Å². The molecular formula is C10H11F3N2O. The summed E-state index contributed by atoms with van der Waals surface area (Å²) in [4.78, 5) is 0. The second kappa shape index (κ2) is 4.21. The topological polar surface area (TPSA) is 24.5 Å². The molecule has 0 saturated carbocycles. The molecule has 0 atom stereocenters. The average molecular weight is 232 g/mol. The molecule has 0 aliphatic carbocycles. The number of anilines is 1. The Balaban J connectivity index is 2.04. The first-order valence-corrected chi connectivity index (χ1v) is 4.91. The van der Waals surface area contributed by atoms with Crippen LogP contribution in [0.4, 0.5) is 18.9 Å². The highest BCUT2D eigenvalue weighted by molar-refractivity contribution is 5.48. The summed E-state index contributed by atoms with van der Waals surface area (Å²) < 4.78 is 39.5. The third-order valence-electron chi connectivity index (χ3n) is 2.24. The van der Waals surface area contributed by atoms with Gasteiger partial charge < -0.3 is 9.75 Å². The molecule has 16 heavy (non-hydrogen) atoms. The van der Waals surface area contributed by atoms with Crippen molar-refractivity contribution < 1.29 is 17.9 Å². The van der Waals surface area contributed by atoms with Gasteiger partial charge in [-0.3, -0.25) is 0 Å². The fourth-order valence-electron chi connectivity index (χ4n) is 1.58. The number of rotatable bonds is 2. The van der Waals surface area contributed by atoms with E-state index in [-0.39, 0.29) is 5.75 Å². The van der Waals surface area contributed by atoms with E-state index in [0.29, 0.717) is 0 Å². The van der Waals surface area contributed by atoms with Crippen molar-refractivity contribution in [2.24, 2.45) is 0 Å². The molecule has 0 bridgehead atoms. The lowest BCUT2D eigenvalue weighted by atomic mass is 10.3. The van der Waals surface area contributed by atoms with Gasteiger partial charge in [-0.2, -0.15) is 0 Å². The highest BCUT2D eigenvalue weighted by Gasteiger charge is 2.31. The Hall–Kier alpha value is -1.43. The minimum atomic E-state index is -4.63. The number of halogens is 3. The maximum atomic E-state index is 11.9. The minimum Gasteiger partial charge on any atom is -0.406 e. The van der Waals surface area contributed by atoms with Crippen LogP contribution in [0.2, 0.25) is 0 Å². The molecule has 0 spiro atoms. The number of nitrogens with zero attached hydrogens (tertiary/aromatic N) is 1. The largest absolute Gasteiger partial charge is 0.573 e. The van der Waals surface area contributed by atoms with Crippen LogP contribution in [0, 0.1) is 0 Å². The van der Waals surface area contributed by atoms with Crippen LogP contribution in [0.25, 0.3) is 0 Å². The van der Waals surface area contributed by atoms with Gasteiger partial charge in [-0.15, -0.1) is 13.2 Å².